The molecule has 0 radical (unpaired) electrons. The predicted molar refractivity (Wildman–Crippen MR) is 182 cm³/mol. The molecular weight excluding hydrogens is 598 g/mol. The maximum atomic E-state index is 14.2. The molecule has 0 aromatic heterocycles. The summed E-state index contributed by atoms with van der Waals surface area (Å²) in [6.45, 7) is 13.6. The zero-order valence-corrected chi connectivity index (χ0v) is 29.2. The number of aliphatic hydroxyl groups is 1. The summed E-state index contributed by atoms with van der Waals surface area (Å²) in [5, 5.41) is 17.0. The third-order valence-corrected chi connectivity index (χ3v) is 8.30. The highest BCUT2D eigenvalue weighted by Crippen LogP contribution is 2.27. The number of nitrogens with one attached hydrogen (secondary N) is 2. The van der Waals surface area contributed by atoms with Gasteiger partial charge in [-0.1, -0.05) is 69.3 Å². The number of nitrogens with zero attached hydrogens (tertiary/aromatic N) is 3. The van der Waals surface area contributed by atoms with Gasteiger partial charge in [0.25, 0.3) is 5.91 Å². The van der Waals surface area contributed by atoms with Crippen LogP contribution < -0.4 is 10.6 Å². The Morgan fingerprint density at radius 1 is 0.957 bits per heavy atom. The van der Waals surface area contributed by atoms with Crippen molar-refractivity contribution in [2.24, 2.45) is 5.41 Å². The number of anilines is 1. The molecule has 1 aliphatic heterocycles. The summed E-state index contributed by atoms with van der Waals surface area (Å²) >= 11 is 0. The lowest BCUT2D eigenvalue weighted by Crippen LogP contribution is -2.60. The van der Waals surface area contributed by atoms with Crippen molar-refractivity contribution in [2.75, 3.05) is 32.0 Å². The largest absolute Gasteiger partial charge is 0.444 e. The van der Waals surface area contributed by atoms with Crippen LogP contribution >= 0.6 is 0 Å². The fourth-order valence-electron chi connectivity index (χ4n) is 5.46. The summed E-state index contributed by atoms with van der Waals surface area (Å²) in [5.41, 5.74) is 0.272. The second-order valence-corrected chi connectivity index (χ2v) is 14.4. The highest BCUT2D eigenvalue weighted by atomic mass is 16.6. The maximum absolute atomic E-state index is 14.2. The summed E-state index contributed by atoms with van der Waals surface area (Å²) in [7, 11) is 1.49. The summed E-state index contributed by atoms with van der Waals surface area (Å²) in [6, 6.07) is 16.7. The molecule has 1 aliphatic rings. The number of hydrogen-bond acceptors (Lipinski definition) is 7. The summed E-state index contributed by atoms with van der Waals surface area (Å²) in [5.74, 6) is -1.27. The molecule has 47 heavy (non-hydrogen) atoms. The van der Waals surface area contributed by atoms with Crippen molar-refractivity contribution in [2.45, 2.75) is 97.7 Å². The Bertz CT molecular complexity index is 1340. The molecule has 1 heterocycles. The van der Waals surface area contributed by atoms with E-state index >= 15 is 0 Å². The van der Waals surface area contributed by atoms with Gasteiger partial charge in [0.1, 0.15) is 17.7 Å². The van der Waals surface area contributed by atoms with E-state index in [0.29, 0.717) is 31.6 Å². The number of benzene rings is 2. The van der Waals surface area contributed by atoms with Crippen LogP contribution in [0, 0.1) is 5.41 Å². The van der Waals surface area contributed by atoms with E-state index in [1.165, 1.54) is 11.9 Å². The topological polar surface area (TPSA) is 132 Å². The molecule has 0 saturated carbocycles. The molecule has 0 aliphatic carbocycles. The van der Waals surface area contributed by atoms with E-state index in [2.05, 4.69) is 10.6 Å². The van der Waals surface area contributed by atoms with Crippen molar-refractivity contribution < 1.29 is 29.0 Å². The molecule has 3 N–H and O–H groups in total. The minimum absolute atomic E-state index is 0.244. The first-order valence-electron chi connectivity index (χ1n) is 16.4. The fraction of sp³-hybridized carbons (Fsp3) is 0.556. The average Bonchev–Trinajstić information content (AvgIpc) is 3.48. The van der Waals surface area contributed by atoms with E-state index in [0.717, 1.165) is 12.0 Å². The van der Waals surface area contributed by atoms with Crippen LogP contribution in [0.2, 0.25) is 0 Å². The lowest BCUT2D eigenvalue weighted by molar-refractivity contribution is -0.142. The van der Waals surface area contributed by atoms with E-state index in [-0.39, 0.29) is 18.5 Å². The monoisotopic (exact) mass is 651 g/mol. The summed E-state index contributed by atoms with van der Waals surface area (Å²) in [4.78, 5) is 58.1. The number of hydrogen-bond donors (Lipinski definition) is 3. The predicted octanol–water partition coefficient (Wildman–Crippen LogP) is 4.27. The van der Waals surface area contributed by atoms with E-state index in [4.69, 9.17) is 4.74 Å². The van der Waals surface area contributed by atoms with Gasteiger partial charge in [-0.05, 0) is 70.1 Å². The second-order valence-electron chi connectivity index (χ2n) is 14.4. The first-order chi connectivity index (χ1) is 22.0. The maximum Gasteiger partial charge on any atom is 0.410 e. The Labute approximate surface area is 279 Å². The van der Waals surface area contributed by atoms with Gasteiger partial charge in [0.15, 0.2) is 6.23 Å². The van der Waals surface area contributed by atoms with Crippen LogP contribution in [-0.2, 0) is 25.5 Å². The van der Waals surface area contributed by atoms with Crippen LogP contribution in [-0.4, -0.2) is 100 Å². The first-order valence-corrected chi connectivity index (χ1v) is 16.4. The van der Waals surface area contributed by atoms with Gasteiger partial charge in [-0.25, -0.2) is 4.79 Å². The van der Waals surface area contributed by atoms with Crippen LogP contribution in [0.3, 0.4) is 0 Å². The van der Waals surface area contributed by atoms with Crippen LogP contribution in [0.1, 0.15) is 66.9 Å². The number of ether oxygens (including phenoxy) is 1. The number of carbonyl (C=O) groups is 4. The van der Waals surface area contributed by atoms with Gasteiger partial charge in [0, 0.05) is 38.4 Å². The van der Waals surface area contributed by atoms with Crippen LogP contribution in [0.25, 0.3) is 0 Å². The number of likely N-dealkylation sites (N-methyl/N-ethyl adjacent to an activating group) is 1. The van der Waals surface area contributed by atoms with Gasteiger partial charge in [-0.15, -0.1) is 0 Å². The van der Waals surface area contributed by atoms with Crippen LogP contribution in [0.5, 0.6) is 0 Å². The van der Waals surface area contributed by atoms with Crippen molar-refractivity contribution in [3.63, 3.8) is 0 Å². The molecule has 11 heteroatoms. The number of aliphatic hydroxyl groups excluding tert-OH is 1. The van der Waals surface area contributed by atoms with Gasteiger partial charge >= 0.3 is 6.09 Å². The standard InChI is InChI=1S/C36H53N5O6/c1-25(39(8)34(46)47-36(5,6)7)30(42)38-29(35(2,3)4)32(44)41-22-15-20-28(41)24-40(23-21-26-16-11-9-12-17-26)33(45)31(43)37-27-18-13-10-14-19-27/h9-14,16-19,25,28-29,33,45H,15,20-24H2,1-8H3,(H,37,43)(H,38,42)/t25-,28-,29+,33?/m0/s1. The molecule has 3 rings (SSSR count). The Hall–Kier alpha value is -3.96. The van der Waals surface area contributed by atoms with Gasteiger partial charge in [0.2, 0.25) is 11.8 Å². The third kappa shape index (κ3) is 11.1. The fourth-order valence-corrected chi connectivity index (χ4v) is 5.46. The molecule has 4 atom stereocenters. The molecule has 2 aromatic carbocycles. The average molecular weight is 652 g/mol. The molecule has 1 unspecified atom stereocenters. The minimum Gasteiger partial charge on any atom is -0.444 e. The number of para-hydroxylation sites is 1. The Kier molecular flexibility index (Phi) is 13.0. The zero-order valence-electron chi connectivity index (χ0n) is 29.2. The van der Waals surface area contributed by atoms with Crippen molar-refractivity contribution in [1.82, 2.24) is 20.0 Å². The molecule has 258 valence electrons. The normalized spacial score (nSPS) is 17.1. The van der Waals surface area contributed by atoms with E-state index in [9.17, 15) is 24.3 Å². The molecule has 0 bridgehead atoms. The van der Waals surface area contributed by atoms with E-state index in [1.54, 1.807) is 61.8 Å². The Balaban J connectivity index is 1.78. The quantitative estimate of drug-likeness (QED) is 0.292. The first kappa shape index (κ1) is 37.5. The van der Waals surface area contributed by atoms with Gasteiger partial charge < -0.3 is 25.4 Å². The highest BCUT2D eigenvalue weighted by Gasteiger charge is 2.42. The molecule has 2 aromatic rings. The number of likely N-dealkylation sites (tertiary alicyclic amines) is 1. The number of rotatable bonds is 12. The van der Waals surface area contributed by atoms with Crippen LogP contribution in [0.4, 0.5) is 10.5 Å². The van der Waals surface area contributed by atoms with Gasteiger partial charge in [-0.2, -0.15) is 0 Å². The lowest BCUT2D eigenvalue weighted by atomic mass is 9.85. The van der Waals surface area contributed by atoms with Crippen molar-refractivity contribution in [1.29, 1.82) is 0 Å². The van der Waals surface area contributed by atoms with E-state index < -0.39 is 47.2 Å². The van der Waals surface area contributed by atoms with Crippen molar-refractivity contribution >= 4 is 29.5 Å². The smallest absolute Gasteiger partial charge is 0.410 e. The Morgan fingerprint density at radius 3 is 2.13 bits per heavy atom. The highest BCUT2D eigenvalue weighted by molar-refractivity contribution is 5.94. The number of amides is 4. The van der Waals surface area contributed by atoms with Crippen LogP contribution in [0.15, 0.2) is 60.7 Å². The molecule has 1 fully saturated rings. The molecule has 0 spiro atoms. The summed E-state index contributed by atoms with van der Waals surface area (Å²) < 4.78 is 5.42. The third-order valence-electron chi connectivity index (χ3n) is 8.30. The Morgan fingerprint density at radius 2 is 1.55 bits per heavy atom. The van der Waals surface area contributed by atoms with Crippen molar-refractivity contribution in [3.05, 3.63) is 66.2 Å². The molecule has 4 amide bonds. The van der Waals surface area contributed by atoms with Crippen molar-refractivity contribution in [3.8, 4) is 0 Å². The van der Waals surface area contributed by atoms with E-state index in [1.807, 2.05) is 57.2 Å². The SMILES string of the molecule is C[C@@H](C(=O)N[C@H](C(=O)N1CCC[C@H]1CN(CCc1ccccc1)C(O)C(=O)Nc1ccccc1)C(C)(C)C)N(C)C(=O)OC(C)(C)C. The van der Waals surface area contributed by atoms with Gasteiger partial charge in [0.05, 0.1) is 0 Å². The number of carbonyl (C=O) groups excluding carboxylic acids is 4. The summed E-state index contributed by atoms with van der Waals surface area (Å²) in [6.07, 6.45) is -0.0512. The molecule has 1 saturated heterocycles. The molecule has 11 nitrogen and oxygen atoms in total. The minimum atomic E-state index is -1.45. The lowest BCUT2D eigenvalue weighted by Gasteiger charge is -2.38. The molecular formula is C36H53N5O6. The zero-order chi connectivity index (χ0) is 34.9. The van der Waals surface area contributed by atoms with Gasteiger partial charge in [-0.3, -0.25) is 24.2 Å². The second kappa shape index (κ2) is 16.2.